The van der Waals surface area contributed by atoms with Crippen LogP contribution in [0, 0.1) is 0 Å². The fourth-order valence-corrected chi connectivity index (χ4v) is 2.47. The topological polar surface area (TPSA) is 72.2 Å². The fourth-order valence-electron chi connectivity index (χ4n) is 1.20. The third-order valence-corrected chi connectivity index (χ3v) is 3.59. The number of sulfonamides is 1. The molecule has 20 heavy (non-hydrogen) atoms. The number of nitrogens with one attached hydrogen (secondary N) is 1. The Balaban J connectivity index is 0.00000361. The van der Waals surface area contributed by atoms with Crippen molar-refractivity contribution in [3.8, 4) is 0 Å². The molecular weight excluding hydrogens is 317 g/mol. The molecule has 1 aromatic rings. The Kier molecular flexibility index (Phi) is 6.03. The summed E-state index contributed by atoms with van der Waals surface area (Å²) in [4.78, 5) is -0.438. The van der Waals surface area contributed by atoms with Crippen molar-refractivity contribution in [3.63, 3.8) is 0 Å². The lowest BCUT2D eigenvalue weighted by Crippen LogP contribution is -2.45. The minimum Gasteiger partial charge on any atom is -0.324 e. The van der Waals surface area contributed by atoms with Crippen LogP contribution in [0.15, 0.2) is 29.2 Å². The zero-order valence-electron chi connectivity index (χ0n) is 10.9. The molecule has 116 valence electrons. The normalized spacial score (nSPS) is 12.9. The first-order valence-corrected chi connectivity index (χ1v) is 6.86. The molecule has 0 bridgehead atoms. The number of rotatable bonds is 4. The zero-order chi connectivity index (χ0) is 14.9. The molecule has 0 saturated carbocycles. The largest absolute Gasteiger partial charge is 0.416 e. The Morgan fingerprint density at radius 2 is 1.80 bits per heavy atom. The monoisotopic (exact) mass is 332 g/mol. The number of benzene rings is 1. The lowest BCUT2D eigenvalue weighted by Gasteiger charge is -2.19. The first-order valence-electron chi connectivity index (χ1n) is 5.38. The predicted molar refractivity (Wildman–Crippen MR) is 72.1 cm³/mol. The van der Waals surface area contributed by atoms with E-state index in [0.29, 0.717) is 6.07 Å². The van der Waals surface area contributed by atoms with E-state index in [9.17, 15) is 21.6 Å². The molecule has 0 aliphatic carbocycles. The molecule has 0 aliphatic heterocycles. The van der Waals surface area contributed by atoms with Crippen LogP contribution in [0.4, 0.5) is 13.2 Å². The highest BCUT2D eigenvalue weighted by Crippen LogP contribution is 2.30. The second kappa shape index (κ2) is 6.30. The number of halogens is 4. The van der Waals surface area contributed by atoms with E-state index in [-0.39, 0.29) is 19.0 Å². The standard InChI is InChI=1S/C11H15F3N2O2S.ClH/c1-10(2,15)7-16-19(17,18)9-5-3-4-8(6-9)11(12,13)14;/h3-6,16H,7,15H2,1-2H3;1H. The first kappa shape index (κ1) is 19.2. The summed E-state index contributed by atoms with van der Waals surface area (Å²) in [5, 5.41) is 0. The van der Waals surface area contributed by atoms with Gasteiger partial charge in [0.15, 0.2) is 0 Å². The molecule has 9 heteroatoms. The Hall–Kier alpha value is -0.830. The number of nitrogens with two attached hydrogens (primary N) is 1. The minimum absolute atomic E-state index is 0. The molecule has 0 aromatic heterocycles. The van der Waals surface area contributed by atoms with E-state index >= 15 is 0 Å². The molecule has 0 radical (unpaired) electrons. The SMILES string of the molecule is CC(C)(N)CNS(=O)(=O)c1cccc(C(F)(F)F)c1.Cl. The molecule has 1 rings (SSSR count). The summed E-state index contributed by atoms with van der Waals surface area (Å²) in [5.74, 6) is 0. The average Bonchev–Trinajstić information content (AvgIpc) is 2.25. The maximum Gasteiger partial charge on any atom is 0.416 e. The summed E-state index contributed by atoms with van der Waals surface area (Å²) >= 11 is 0. The highest BCUT2D eigenvalue weighted by molar-refractivity contribution is 7.89. The van der Waals surface area contributed by atoms with Gasteiger partial charge in [-0.2, -0.15) is 13.2 Å². The van der Waals surface area contributed by atoms with E-state index < -0.39 is 32.2 Å². The second-order valence-electron chi connectivity index (χ2n) is 4.84. The van der Waals surface area contributed by atoms with Crippen molar-refractivity contribution in [2.24, 2.45) is 5.73 Å². The average molecular weight is 333 g/mol. The molecule has 3 N–H and O–H groups in total. The van der Waals surface area contributed by atoms with Crippen molar-refractivity contribution < 1.29 is 21.6 Å². The molecular formula is C11H16ClF3N2O2S. The van der Waals surface area contributed by atoms with E-state index in [1.165, 1.54) is 0 Å². The molecule has 0 fully saturated rings. The van der Waals surface area contributed by atoms with Crippen molar-refractivity contribution in [3.05, 3.63) is 29.8 Å². The third kappa shape index (κ3) is 5.66. The van der Waals surface area contributed by atoms with Gasteiger partial charge in [0.1, 0.15) is 0 Å². The maximum absolute atomic E-state index is 12.5. The Morgan fingerprint density at radius 3 is 2.25 bits per heavy atom. The van der Waals surface area contributed by atoms with Crippen LogP contribution in [0.1, 0.15) is 19.4 Å². The van der Waals surface area contributed by atoms with Crippen LogP contribution in [-0.4, -0.2) is 20.5 Å². The van der Waals surface area contributed by atoms with Gasteiger partial charge in [0.25, 0.3) is 0 Å². The quantitative estimate of drug-likeness (QED) is 0.887. The molecule has 1 aromatic carbocycles. The zero-order valence-corrected chi connectivity index (χ0v) is 12.5. The van der Waals surface area contributed by atoms with Gasteiger partial charge in [-0.1, -0.05) is 6.07 Å². The van der Waals surface area contributed by atoms with Crippen LogP contribution in [-0.2, 0) is 16.2 Å². The van der Waals surface area contributed by atoms with Crippen molar-refractivity contribution in [2.75, 3.05) is 6.54 Å². The number of alkyl halides is 3. The van der Waals surface area contributed by atoms with E-state index in [2.05, 4.69) is 4.72 Å². The molecule has 0 heterocycles. The van der Waals surface area contributed by atoms with Gasteiger partial charge in [0.2, 0.25) is 10.0 Å². The molecule has 0 aliphatic rings. The van der Waals surface area contributed by atoms with Gasteiger partial charge >= 0.3 is 6.18 Å². The Morgan fingerprint density at radius 1 is 1.25 bits per heavy atom. The number of hydrogen-bond donors (Lipinski definition) is 2. The van der Waals surface area contributed by atoms with Crippen molar-refractivity contribution >= 4 is 22.4 Å². The maximum atomic E-state index is 12.5. The first-order chi connectivity index (χ1) is 8.42. The van der Waals surface area contributed by atoms with Gasteiger partial charge in [0, 0.05) is 12.1 Å². The lowest BCUT2D eigenvalue weighted by molar-refractivity contribution is -0.137. The van der Waals surface area contributed by atoms with E-state index in [4.69, 9.17) is 5.73 Å². The molecule has 0 spiro atoms. The van der Waals surface area contributed by atoms with Crippen LogP contribution in [0.25, 0.3) is 0 Å². The lowest BCUT2D eigenvalue weighted by atomic mass is 10.1. The molecule has 0 unspecified atom stereocenters. The smallest absolute Gasteiger partial charge is 0.324 e. The molecule has 0 amide bonds. The summed E-state index contributed by atoms with van der Waals surface area (Å²) in [7, 11) is -4.01. The van der Waals surface area contributed by atoms with Crippen molar-refractivity contribution in [2.45, 2.75) is 30.5 Å². The van der Waals surface area contributed by atoms with Crippen molar-refractivity contribution in [1.29, 1.82) is 0 Å². The third-order valence-electron chi connectivity index (χ3n) is 2.19. The Labute approximate surface area is 122 Å². The van der Waals surface area contributed by atoms with E-state index in [1.54, 1.807) is 13.8 Å². The molecule has 4 nitrogen and oxygen atoms in total. The van der Waals surface area contributed by atoms with Crippen LogP contribution >= 0.6 is 12.4 Å². The Bertz CT molecular complexity index is 554. The van der Waals surface area contributed by atoms with Gasteiger partial charge in [-0.05, 0) is 32.0 Å². The minimum atomic E-state index is -4.58. The van der Waals surface area contributed by atoms with Crippen LogP contribution in [0.3, 0.4) is 0 Å². The highest BCUT2D eigenvalue weighted by Gasteiger charge is 2.31. The highest BCUT2D eigenvalue weighted by atomic mass is 35.5. The summed E-state index contributed by atoms with van der Waals surface area (Å²) in [6, 6.07) is 3.55. The van der Waals surface area contributed by atoms with Gasteiger partial charge in [0.05, 0.1) is 10.5 Å². The van der Waals surface area contributed by atoms with E-state index in [1.807, 2.05) is 0 Å². The van der Waals surface area contributed by atoms with Crippen LogP contribution in [0.2, 0.25) is 0 Å². The van der Waals surface area contributed by atoms with Gasteiger partial charge in [-0.3, -0.25) is 0 Å². The second-order valence-corrected chi connectivity index (χ2v) is 6.61. The van der Waals surface area contributed by atoms with Crippen LogP contribution < -0.4 is 10.5 Å². The summed E-state index contributed by atoms with van der Waals surface area (Å²) < 4.78 is 63.3. The molecule has 0 atom stereocenters. The van der Waals surface area contributed by atoms with Crippen molar-refractivity contribution in [1.82, 2.24) is 4.72 Å². The fraction of sp³-hybridized carbons (Fsp3) is 0.455. The van der Waals surface area contributed by atoms with Gasteiger partial charge < -0.3 is 5.73 Å². The van der Waals surface area contributed by atoms with E-state index in [0.717, 1.165) is 18.2 Å². The number of hydrogen-bond acceptors (Lipinski definition) is 3. The summed E-state index contributed by atoms with van der Waals surface area (Å²) in [6.45, 7) is 3.12. The predicted octanol–water partition coefficient (Wildman–Crippen LogP) is 2.14. The van der Waals surface area contributed by atoms with Gasteiger partial charge in [-0.25, -0.2) is 13.1 Å². The van der Waals surface area contributed by atoms with Crippen LogP contribution in [0.5, 0.6) is 0 Å². The van der Waals surface area contributed by atoms with Gasteiger partial charge in [-0.15, -0.1) is 12.4 Å². The summed E-state index contributed by atoms with van der Waals surface area (Å²) in [5.41, 5.74) is 3.80. The summed E-state index contributed by atoms with van der Waals surface area (Å²) in [6.07, 6.45) is -4.58. The molecule has 0 saturated heterocycles.